The lowest BCUT2D eigenvalue weighted by molar-refractivity contribution is 1.03. The van der Waals surface area contributed by atoms with Gasteiger partial charge in [-0.1, -0.05) is 37.2 Å². The number of hydrogen-bond donors (Lipinski definition) is 0. The van der Waals surface area contributed by atoms with E-state index < -0.39 is 0 Å². The zero-order valence-corrected chi connectivity index (χ0v) is 10.9. The van der Waals surface area contributed by atoms with E-state index in [1.807, 2.05) is 0 Å². The molecule has 0 aliphatic heterocycles. The summed E-state index contributed by atoms with van der Waals surface area (Å²) in [6, 6.07) is 6.58. The highest BCUT2D eigenvalue weighted by Crippen LogP contribution is 2.20. The summed E-state index contributed by atoms with van der Waals surface area (Å²) in [5.41, 5.74) is 4.38. The van der Waals surface area contributed by atoms with Crippen LogP contribution < -0.4 is 0 Å². The molecule has 0 saturated heterocycles. The van der Waals surface area contributed by atoms with Gasteiger partial charge in [-0.05, 0) is 29.5 Å². The molecule has 1 aromatic carbocycles. The van der Waals surface area contributed by atoms with Gasteiger partial charge in [-0.3, -0.25) is 0 Å². The van der Waals surface area contributed by atoms with Crippen LogP contribution in [-0.4, -0.2) is 10.2 Å². The molecule has 0 nitrogen and oxygen atoms in total. The molecule has 0 unspecified atom stereocenters. The highest BCUT2D eigenvalue weighted by Gasteiger charge is 2.04. The molecule has 0 aliphatic rings. The van der Waals surface area contributed by atoms with Crippen molar-refractivity contribution in [2.75, 3.05) is 0 Å². The number of benzene rings is 1. The topological polar surface area (TPSA) is 0 Å². The second kappa shape index (κ2) is 4.42. The third kappa shape index (κ3) is 2.10. The van der Waals surface area contributed by atoms with Gasteiger partial charge in [0.25, 0.3) is 0 Å². The summed E-state index contributed by atoms with van der Waals surface area (Å²) >= 11 is 0. The number of rotatable bonds is 3. The van der Waals surface area contributed by atoms with Gasteiger partial charge in [-0.2, -0.15) is 0 Å². The summed E-state index contributed by atoms with van der Waals surface area (Å²) < 4.78 is 0. The molecule has 0 aliphatic carbocycles. The lowest BCUT2D eigenvalue weighted by Gasteiger charge is -2.11. The van der Waals surface area contributed by atoms with Gasteiger partial charge in [0.1, 0.15) is 0 Å². The Kier molecular flexibility index (Phi) is 3.49. The second-order valence-electron chi connectivity index (χ2n) is 3.43. The van der Waals surface area contributed by atoms with Crippen molar-refractivity contribution < 1.29 is 0 Å². The highest BCUT2D eigenvalue weighted by molar-refractivity contribution is 6.41. The molecule has 0 spiro atoms. The maximum atomic E-state index is 4.07. The average molecular weight is 190 g/mol. The maximum absolute atomic E-state index is 4.07. The summed E-state index contributed by atoms with van der Waals surface area (Å²) in [6.07, 6.45) is 2.26. The van der Waals surface area contributed by atoms with Crippen molar-refractivity contribution in [1.29, 1.82) is 0 Å². The third-order valence-corrected chi connectivity index (χ3v) is 3.01. The molecule has 0 bridgehead atoms. The predicted molar refractivity (Wildman–Crippen MR) is 64.2 cm³/mol. The molecule has 1 aromatic rings. The van der Waals surface area contributed by atoms with E-state index in [-0.39, 0.29) is 0 Å². The van der Waals surface area contributed by atoms with Gasteiger partial charge in [-0.25, -0.2) is 0 Å². The van der Waals surface area contributed by atoms with Crippen LogP contribution in [0, 0.1) is 0 Å². The van der Waals surface area contributed by atoms with Crippen LogP contribution in [-0.2, 0) is 12.8 Å². The molecule has 70 valence electrons. The van der Waals surface area contributed by atoms with Gasteiger partial charge in [0.2, 0.25) is 0 Å². The Morgan fingerprint density at radius 3 is 2.46 bits per heavy atom. The van der Waals surface area contributed by atoms with E-state index in [1.165, 1.54) is 21.9 Å². The van der Waals surface area contributed by atoms with E-state index >= 15 is 0 Å². The quantitative estimate of drug-likeness (QED) is 0.641. The molecule has 1 rings (SSSR count). The minimum atomic E-state index is 1.07. The van der Waals surface area contributed by atoms with Crippen molar-refractivity contribution in [3.8, 4) is 0 Å². The average Bonchev–Trinajstić information content (AvgIpc) is 2.16. The minimum absolute atomic E-state index is 1.07. The van der Waals surface area contributed by atoms with Crippen LogP contribution in [0.5, 0.6) is 0 Å². The van der Waals surface area contributed by atoms with Gasteiger partial charge in [-0.15, -0.1) is 6.58 Å². The molecular formula is C12H18Si. The molecule has 1 heteroatoms. The molecule has 0 amide bonds. The molecule has 13 heavy (non-hydrogen) atoms. The Morgan fingerprint density at radius 2 is 2.00 bits per heavy atom. The number of aryl methyl sites for hydroxylation is 1. The largest absolute Gasteiger partial charge is 0.100 e. The van der Waals surface area contributed by atoms with Crippen molar-refractivity contribution in [2.24, 2.45) is 0 Å². The first-order valence-electron chi connectivity index (χ1n) is 4.97. The third-order valence-electron chi connectivity index (χ3n) is 2.47. The zero-order valence-electron chi connectivity index (χ0n) is 8.85. The van der Waals surface area contributed by atoms with Crippen molar-refractivity contribution in [3.05, 3.63) is 41.5 Å². The molecule has 0 radical (unpaired) electrons. The summed E-state index contributed by atoms with van der Waals surface area (Å²) in [7, 11) is 1.07. The normalized spacial score (nSPS) is 10.3. The van der Waals surface area contributed by atoms with Crippen molar-refractivity contribution in [2.45, 2.75) is 26.7 Å². The van der Waals surface area contributed by atoms with Crippen LogP contribution in [0.1, 0.15) is 30.5 Å². The van der Waals surface area contributed by atoms with E-state index in [4.69, 9.17) is 0 Å². The van der Waals surface area contributed by atoms with Gasteiger partial charge in [0.15, 0.2) is 0 Å². The fourth-order valence-corrected chi connectivity index (χ4v) is 2.25. The Balaban J connectivity index is 3.27. The summed E-state index contributed by atoms with van der Waals surface area (Å²) in [6.45, 7) is 8.51. The molecule has 0 saturated carbocycles. The molecular weight excluding hydrogens is 172 g/mol. The van der Waals surface area contributed by atoms with Crippen LogP contribution in [0.2, 0.25) is 0 Å². The van der Waals surface area contributed by atoms with E-state index in [9.17, 15) is 0 Å². The van der Waals surface area contributed by atoms with Crippen LogP contribution >= 0.6 is 0 Å². The fraction of sp³-hybridized carbons (Fsp3) is 0.333. The van der Waals surface area contributed by atoms with E-state index in [0.717, 1.165) is 23.1 Å². The van der Waals surface area contributed by atoms with Crippen molar-refractivity contribution >= 4 is 15.4 Å². The molecule has 0 atom stereocenters. The Hall–Kier alpha value is -0.823. The van der Waals surface area contributed by atoms with Crippen LogP contribution in [0.25, 0.3) is 5.20 Å². The summed E-state index contributed by atoms with van der Waals surface area (Å²) in [4.78, 5) is 0. The van der Waals surface area contributed by atoms with Gasteiger partial charge in [0.05, 0.1) is 0 Å². The molecule has 0 fully saturated rings. The SMILES string of the molecule is C=C([SiH3])c1cccc(CC)c1CC. The highest BCUT2D eigenvalue weighted by atomic mass is 28.1. The lowest BCUT2D eigenvalue weighted by Crippen LogP contribution is -1.97. The van der Waals surface area contributed by atoms with Gasteiger partial charge >= 0.3 is 0 Å². The van der Waals surface area contributed by atoms with Crippen molar-refractivity contribution in [3.63, 3.8) is 0 Å². The Labute approximate surface area is 84.1 Å². The molecule has 0 aromatic heterocycles. The van der Waals surface area contributed by atoms with Crippen molar-refractivity contribution in [1.82, 2.24) is 0 Å². The minimum Gasteiger partial charge on any atom is -0.100 e. The fourth-order valence-electron chi connectivity index (χ4n) is 1.78. The van der Waals surface area contributed by atoms with E-state index in [1.54, 1.807) is 0 Å². The summed E-state index contributed by atoms with van der Waals surface area (Å²) in [5.74, 6) is 0. The smallest absolute Gasteiger partial charge is 0.0385 e. The molecule has 0 N–H and O–H groups in total. The second-order valence-corrected chi connectivity index (χ2v) is 4.64. The van der Waals surface area contributed by atoms with Gasteiger partial charge < -0.3 is 0 Å². The van der Waals surface area contributed by atoms with Crippen LogP contribution in [0.3, 0.4) is 0 Å². The Morgan fingerprint density at radius 1 is 1.31 bits per heavy atom. The first-order chi connectivity index (χ1) is 6.20. The van der Waals surface area contributed by atoms with Gasteiger partial charge in [0, 0.05) is 10.2 Å². The lowest BCUT2D eigenvalue weighted by atomic mass is 9.97. The predicted octanol–water partition coefficient (Wildman–Crippen LogP) is 2.15. The maximum Gasteiger partial charge on any atom is 0.0385 e. The monoisotopic (exact) mass is 190 g/mol. The first kappa shape index (κ1) is 10.3. The Bertz CT molecular complexity index is 313. The standard InChI is InChI=1S/C12H18Si/c1-4-10-7-6-8-12(9(3)13)11(10)5-2/h6-8H,3-5H2,1-2,13H3. The summed E-state index contributed by atoms with van der Waals surface area (Å²) in [5, 5.41) is 1.31. The number of hydrogen-bond acceptors (Lipinski definition) is 0. The molecule has 0 heterocycles. The van der Waals surface area contributed by atoms with Crippen LogP contribution in [0.4, 0.5) is 0 Å². The first-order valence-corrected chi connectivity index (χ1v) is 5.97. The van der Waals surface area contributed by atoms with Crippen LogP contribution in [0.15, 0.2) is 24.8 Å². The zero-order chi connectivity index (χ0) is 9.84. The van der Waals surface area contributed by atoms with E-state index in [0.29, 0.717) is 0 Å². The van der Waals surface area contributed by atoms with E-state index in [2.05, 4.69) is 38.6 Å².